The molecule has 0 amide bonds. The molecule has 4 aromatic rings. The van der Waals surface area contributed by atoms with Gasteiger partial charge in [0, 0.05) is 17.3 Å². The quantitative estimate of drug-likeness (QED) is 0.614. The zero-order valence-corrected chi connectivity index (χ0v) is 12.7. The van der Waals surface area contributed by atoms with Gasteiger partial charge in [0.15, 0.2) is 0 Å². The summed E-state index contributed by atoms with van der Waals surface area (Å²) >= 11 is 0. The number of aromatic nitrogens is 3. The monoisotopic (exact) mass is 301 g/mol. The molecule has 4 nitrogen and oxygen atoms in total. The number of methoxy groups -OCH3 is 1. The van der Waals surface area contributed by atoms with E-state index < -0.39 is 0 Å². The molecule has 0 saturated heterocycles. The third-order valence-electron chi connectivity index (χ3n) is 3.89. The highest BCUT2D eigenvalue weighted by Gasteiger charge is 2.14. The maximum atomic E-state index is 5.23. The Labute approximate surface area is 133 Å². The van der Waals surface area contributed by atoms with E-state index >= 15 is 0 Å². The molecule has 2 heterocycles. The molecule has 2 aromatic carbocycles. The van der Waals surface area contributed by atoms with Crippen LogP contribution in [0.25, 0.3) is 33.4 Å². The predicted molar refractivity (Wildman–Crippen MR) is 91.3 cm³/mol. The predicted octanol–water partition coefficient (Wildman–Crippen LogP) is 4.30. The minimum absolute atomic E-state index is 0.830. The number of pyridine rings is 1. The zero-order valence-electron chi connectivity index (χ0n) is 12.7. The Kier molecular flexibility index (Phi) is 3.27. The Balaban J connectivity index is 1.94. The lowest BCUT2D eigenvalue weighted by molar-refractivity contribution is 0.415. The van der Waals surface area contributed by atoms with E-state index in [9.17, 15) is 0 Å². The van der Waals surface area contributed by atoms with Gasteiger partial charge >= 0.3 is 0 Å². The Morgan fingerprint density at radius 1 is 0.826 bits per heavy atom. The molecule has 0 saturated carbocycles. The van der Waals surface area contributed by atoms with Crippen molar-refractivity contribution < 1.29 is 4.74 Å². The van der Waals surface area contributed by atoms with Crippen LogP contribution in [-0.4, -0.2) is 22.3 Å². The molecule has 0 spiro atoms. The summed E-state index contributed by atoms with van der Waals surface area (Å²) in [5.74, 6) is 0.830. The molecule has 4 rings (SSSR count). The van der Waals surface area contributed by atoms with Gasteiger partial charge < -0.3 is 4.74 Å². The van der Waals surface area contributed by atoms with E-state index in [1.54, 1.807) is 13.3 Å². The van der Waals surface area contributed by atoms with Gasteiger partial charge in [-0.25, -0.2) is 0 Å². The molecule has 23 heavy (non-hydrogen) atoms. The average Bonchev–Trinajstić information content (AvgIpc) is 3.07. The van der Waals surface area contributed by atoms with Crippen LogP contribution in [0.3, 0.4) is 0 Å². The molecule has 0 aliphatic carbocycles. The Hall–Kier alpha value is -3.14. The van der Waals surface area contributed by atoms with Gasteiger partial charge in [0.05, 0.1) is 23.7 Å². The second-order valence-electron chi connectivity index (χ2n) is 5.25. The van der Waals surface area contributed by atoms with Crippen LogP contribution in [0, 0.1) is 0 Å². The first-order valence-corrected chi connectivity index (χ1v) is 7.40. The lowest BCUT2D eigenvalue weighted by Gasteiger charge is -2.06. The Morgan fingerprint density at radius 2 is 1.57 bits per heavy atom. The van der Waals surface area contributed by atoms with Gasteiger partial charge in [-0.1, -0.05) is 30.3 Å². The van der Waals surface area contributed by atoms with Crippen molar-refractivity contribution in [2.75, 3.05) is 7.11 Å². The van der Waals surface area contributed by atoms with Gasteiger partial charge in [-0.15, -0.1) is 0 Å². The van der Waals surface area contributed by atoms with Crippen LogP contribution in [0.15, 0.2) is 66.9 Å². The van der Waals surface area contributed by atoms with Gasteiger partial charge in [0.2, 0.25) is 0 Å². The van der Waals surface area contributed by atoms with Crippen molar-refractivity contribution in [3.05, 3.63) is 66.9 Å². The second-order valence-corrected chi connectivity index (χ2v) is 5.25. The van der Waals surface area contributed by atoms with Crippen molar-refractivity contribution in [3.8, 4) is 28.3 Å². The van der Waals surface area contributed by atoms with Gasteiger partial charge in [0.1, 0.15) is 11.4 Å². The van der Waals surface area contributed by atoms with E-state index in [2.05, 4.69) is 27.3 Å². The normalized spacial score (nSPS) is 10.8. The van der Waals surface area contributed by atoms with Crippen LogP contribution in [0.2, 0.25) is 0 Å². The second kappa shape index (κ2) is 5.57. The van der Waals surface area contributed by atoms with E-state index in [1.807, 2.05) is 48.5 Å². The molecule has 0 fully saturated rings. The third-order valence-corrected chi connectivity index (χ3v) is 3.89. The van der Waals surface area contributed by atoms with Gasteiger partial charge in [-0.05, 0) is 30.3 Å². The number of H-pyrrole nitrogens is 1. The summed E-state index contributed by atoms with van der Waals surface area (Å²) in [6.07, 6.45) is 1.80. The molecule has 0 aliphatic heterocycles. The number of aromatic amines is 1. The number of hydrogen-bond acceptors (Lipinski definition) is 3. The van der Waals surface area contributed by atoms with Gasteiger partial charge in [-0.2, -0.15) is 5.10 Å². The maximum absolute atomic E-state index is 5.23. The summed E-state index contributed by atoms with van der Waals surface area (Å²) in [7, 11) is 1.66. The molecular formula is C19H15N3O. The Morgan fingerprint density at radius 3 is 2.30 bits per heavy atom. The van der Waals surface area contributed by atoms with Crippen LogP contribution in [0.5, 0.6) is 5.75 Å². The molecule has 1 N–H and O–H groups in total. The fourth-order valence-corrected chi connectivity index (χ4v) is 2.74. The topological polar surface area (TPSA) is 50.8 Å². The number of benzene rings is 2. The highest BCUT2D eigenvalue weighted by molar-refractivity contribution is 6.02. The SMILES string of the molecule is COc1ccc(-c2nccc3[nH]nc(-c4ccccc4)c23)cc1. The first-order chi connectivity index (χ1) is 11.4. The van der Waals surface area contributed by atoms with Crippen LogP contribution in [0.1, 0.15) is 0 Å². The summed E-state index contributed by atoms with van der Waals surface area (Å²) in [5, 5.41) is 8.63. The average molecular weight is 301 g/mol. The largest absolute Gasteiger partial charge is 0.497 e. The van der Waals surface area contributed by atoms with Crippen molar-refractivity contribution in [1.82, 2.24) is 15.2 Å². The zero-order chi connectivity index (χ0) is 15.6. The van der Waals surface area contributed by atoms with Crippen molar-refractivity contribution in [2.45, 2.75) is 0 Å². The minimum Gasteiger partial charge on any atom is -0.497 e. The molecule has 4 heteroatoms. The number of rotatable bonds is 3. The number of nitrogens with one attached hydrogen (secondary N) is 1. The van der Waals surface area contributed by atoms with Crippen LogP contribution in [0.4, 0.5) is 0 Å². The van der Waals surface area contributed by atoms with Crippen LogP contribution < -0.4 is 4.74 Å². The molecular weight excluding hydrogens is 286 g/mol. The van der Waals surface area contributed by atoms with E-state index in [0.29, 0.717) is 0 Å². The summed E-state index contributed by atoms with van der Waals surface area (Å²) in [6.45, 7) is 0. The van der Waals surface area contributed by atoms with Gasteiger partial charge in [-0.3, -0.25) is 10.1 Å². The molecule has 112 valence electrons. The number of hydrogen-bond donors (Lipinski definition) is 1. The standard InChI is InChI=1S/C19H15N3O/c1-23-15-9-7-14(8-10-15)18-17-16(11-12-20-18)21-22-19(17)13-5-3-2-4-6-13/h2-12H,1H3,(H,21,22). The van der Waals surface area contributed by atoms with Crippen molar-refractivity contribution in [2.24, 2.45) is 0 Å². The van der Waals surface area contributed by atoms with E-state index in [1.165, 1.54) is 0 Å². The third kappa shape index (κ3) is 2.34. The summed E-state index contributed by atoms with van der Waals surface area (Å²) in [4.78, 5) is 4.59. The lowest BCUT2D eigenvalue weighted by atomic mass is 10.0. The summed E-state index contributed by atoms with van der Waals surface area (Å²) in [6, 6.07) is 20.0. The molecule has 0 aliphatic rings. The first-order valence-electron chi connectivity index (χ1n) is 7.40. The maximum Gasteiger partial charge on any atom is 0.118 e. The van der Waals surface area contributed by atoms with Crippen molar-refractivity contribution in [3.63, 3.8) is 0 Å². The number of ether oxygens (including phenoxy) is 1. The van der Waals surface area contributed by atoms with E-state index in [0.717, 1.165) is 39.2 Å². The van der Waals surface area contributed by atoms with Crippen LogP contribution >= 0.6 is 0 Å². The lowest BCUT2D eigenvalue weighted by Crippen LogP contribution is -1.87. The molecule has 0 bridgehead atoms. The Bertz CT molecular complexity index is 943. The molecule has 0 atom stereocenters. The van der Waals surface area contributed by atoms with E-state index in [-0.39, 0.29) is 0 Å². The van der Waals surface area contributed by atoms with Gasteiger partial charge in [0.25, 0.3) is 0 Å². The summed E-state index contributed by atoms with van der Waals surface area (Å²) in [5.41, 5.74) is 4.92. The van der Waals surface area contributed by atoms with Crippen LogP contribution in [-0.2, 0) is 0 Å². The number of nitrogens with zero attached hydrogens (tertiary/aromatic N) is 2. The van der Waals surface area contributed by atoms with E-state index in [4.69, 9.17) is 4.74 Å². The minimum atomic E-state index is 0.830. The number of fused-ring (bicyclic) bond motifs is 1. The summed E-state index contributed by atoms with van der Waals surface area (Å²) < 4.78 is 5.23. The van der Waals surface area contributed by atoms with Crippen molar-refractivity contribution >= 4 is 10.9 Å². The van der Waals surface area contributed by atoms with Crippen molar-refractivity contribution in [1.29, 1.82) is 0 Å². The molecule has 0 unspecified atom stereocenters. The fraction of sp³-hybridized carbons (Fsp3) is 0.0526. The first kappa shape index (κ1) is 13.5. The smallest absolute Gasteiger partial charge is 0.118 e. The highest BCUT2D eigenvalue weighted by atomic mass is 16.5. The molecule has 0 radical (unpaired) electrons. The highest BCUT2D eigenvalue weighted by Crippen LogP contribution is 2.33. The molecule has 2 aromatic heterocycles. The fourth-order valence-electron chi connectivity index (χ4n) is 2.74.